The van der Waals surface area contributed by atoms with Gasteiger partial charge in [-0.25, -0.2) is 0 Å². The molecule has 146 valence electrons. The van der Waals surface area contributed by atoms with Crippen molar-refractivity contribution in [3.05, 3.63) is 34.3 Å². The highest BCUT2D eigenvalue weighted by Crippen LogP contribution is 2.69. The maximum absolute atomic E-state index is 7.10. The zero-order valence-electron chi connectivity index (χ0n) is 17.5. The zero-order chi connectivity index (χ0) is 18.8. The van der Waals surface area contributed by atoms with Crippen LogP contribution < -0.4 is 0 Å². The fourth-order valence-corrected chi connectivity index (χ4v) is 6.56. The van der Waals surface area contributed by atoms with Gasteiger partial charge in [-0.15, -0.1) is 0 Å². The van der Waals surface area contributed by atoms with Crippen LogP contribution in [0.3, 0.4) is 0 Å². The van der Waals surface area contributed by atoms with Gasteiger partial charge in [0.2, 0.25) is 0 Å². The van der Waals surface area contributed by atoms with Crippen LogP contribution >= 0.6 is 11.6 Å². The van der Waals surface area contributed by atoms with Crippen LogP contribution in [0.2, 0.25) is 5.02 Å². The molecule has 0 amide bonds. The van der Waals surface area contributed by atoms with Crippen molar-refractivity contribution < 1.29 is 0 Å². The van der Waals surface area contributed by atoms with Crippen LogP contribution in [0.25, 0.3) is 0 Å². The third kappa shape index (κ3) is 3.25. The minimum atomic E-state index is 0.370. The van der Waals surface area contributed by atoms with Gasteiger partial charge < -0.3 is 0 Å². The third-order valence-electron chi connectivity index (χ3n) is 8.46. The SMILES string of the molecule is CCC(CC)CC(CC)Cc1cccc(C2(CC)CCC23CCC3)c1Cl. The van der Waals surface area contributed by atoms with E-state index in [0.717, 1.165) is 23.3 Å². The molecule has 1 heteroatoms. The molecule has 0 radical (unpaired) electrons. The number of hydrogen-bond donors (Lipinski definition) is 0. The maximum Gasteiger partial charge on any atom is 0.0475 e. The van der Waals surface area contributed by atoms with E-state index in [1.807, 2.05) is 0 Å². The van der Waals surface area contributed by atoms with Crippen LogP contribution in [0.4, 0.5) is 0 Å². The molecule has 0 heterocycles. The molecule has 1 aromatic carbocycles. The quantitative estimate of drug-likeness (QED) is 0.407. The summed E-state index contributed by atoms with van der Waals surface area (Å²) in [6, 6.07) is 6.95. The normalized spacial score (nSPS) is 25.2. The van der Waals surface area contributed by atoms with Crippen LogP contribution in [-0.4, -0.2) is 0 Å². The Morgan fingerprint density at radius 3 is 2.08 bits per heavy atom. The van der Waals surface area contributed by atoms with Gasteiger partial charge in [-0.05, 0) is 73.3 Å². The van der Waals surface area contributed by atoms with Gasteiger partial charge in [-0.2, -0.15) is 0 Å². The first kappa shape index (κ1) is 20.2. The van der Waals surface area contributed by atoms with Gasteiger partial charge in [0.25, 0.3) is 0 Å². The van der Waals surface area contributed by atoms with Crippen molar-refractivity contribution in [3.63, 3.8) is 0 Å². The van der Waals surface area contributed by atoms with Crippen LogP contribution in [0.15, 0.2) is 18.2 Å². The van der Waals surface area contributed by atoms with Gasteiger partial charge in [0.1, 0.15) is 0 Å². The molecular formula is C25H39Cl. The summed E-state index contributed by atoms with van der Waals surface area (Å²) in [5.41, 5.74) is 3.86. The maximum atomic E-state index is 7.10. The van der Waals surface area contributed by atoms with Gasteiger partial charge in [0, 0.05) is 10.4 Å². The molecule has 3 rings (SSSR count). The molecule has 2 fully saturated rings. The highest BCUT2D eigenvalue weighted by atomic mass is 35.5. The third-order valence-corrected chi connectivity index (χ3v) is 8.91. The molecule has 2 atom stereocenters. The molecule has 0 nitrogen and oxygen atoms in total. The number of benzene rings is 1. The van der Waals surface area contributed by atoms with E-state index in [1.165, 1.54) is 75.3 Å². The Morgan fingerprint density at radius 1 is 0.923 bits per heavy atom. The first-order chi connectivity index (χ1) is 12.6. The molecule has 1 spiro atoms. The Hall–Kier alpha value is -0.490. The van der Waals surface area contributed by atoms with E-state index in [0.29, 0.717) is 10.8 Å². The topological polar surface area (TPSA) is 0 Å². The lowest BCUT2D eigenvalue weighted by Gasteiger charge is -2.65. The lowest BCUT2D eigenvalue weighted by Crippen LogP contribution is -2.58. The lowest BCUT2D eigenvalue weighted by molar-refractivity contribution is -0.0830. The van der Waals surface area contributed by atoms with Gasteiger partial charge in [-0.3, -0.25) is 0 Å². The van der Waals surface area contributed by atoms with Gasteiger partial charge in [0.15, 0.2) is 0 Å². The minimum absolute atomic E-state index is 0.370. The smallest absolute Gasteiger partial charge is 0.0475 e. The van der Waals surface area contributed by atoms with Gasteiger partial charge in [-0.1, -0.05) is 83.2 Å². The van der Waals surface area contributed by atoms with Crippen molar-refractivity contribution in [1.29, 1.82) is 0 Å². The molecule has 0 N–H and O–H groups in total. The average Bonchev–Trinajstić information content (AvgIpc) is 2.60. The second-order valence-electron chi connectivity index (χ2n) is 9.24. The molecule has 0 aromatic heterocycles. The summed E-state index contributed by atoms with van der Waals surface area (Å²) in [6.45, 7) is 9.43. The van der Waals surface area contributed by atoms with E-state index in [2.05, 4.69) is 45.9 Å². The summed E-state index contributed by atoms with van der Waals surface area (Å²) in [4.78, 5) is 0. The van der Waals surface area contributed by atoms with Crippen molar-refractivity contribution in [2.75, 3.05) is 0 Å². The van der Waals surface area contributed by atoms with Crippen LogP contribution in [0, 0.1) is 17.3 Å². The van der Waals surface area contributed by atoms with E-state index in [9.17, 15) is 0 Å². The second kappa shape index (κ2) is 8.26. The summed E-state index contributed by atoms with van der Waals surface area (Å²) >= 11 is 7.10. The highest BCUT2D eigenvalue weighted by molar-refractivity contribution is 6.32. The molecule has 2 unspecified atom stereocenters. The zero-order valence-corrected chi connectivity index (χ0v) is 18.3. The second-order valence-corrected chi connectivity index (χ2v) is 9.62. The summed E-state index contributed by atoms with van der Waals surface area (Å²) < 4.78 is 0. The van der Waals surface area contributed by atoms with Gasteiger partial charge >= 0.3 is 0 Å². The van der Waals surface area contributed by atoms with E-state index in [1.54, 1.807) is 0 Å². The van der Waals surface area contributed by atoms with Crippen molar-refractivity contribution in [1.82, 2.24) is 0 Å². The van der Waals surface area contributed by atoms with E-state index < -0.39 is 0 Å². The van der Waals surface area contributed by atoms with E-state index >= 15 is 0 Å². The number of rotatable bonds is 9. The van der Waals surface area contributed by atoms with E-state index in [4.69, 9.17) is 11.6 Å². The van der Waals surface area contributed by atoms with Crippen molar-refractivity contribution in [2.45, 2.75) is 104 Å². The minimum Gasteiger partial charge on any atom is -0.0837 e. The number of halogens is 1. The van der Waals surface area contributed by atoms with Crippen LogP contribution in [0.5, 0.6) is 0 Å². The Balaban J connectivity index is 1.83. The van der Waals surface area contributed by atoms with Crippen molar-refractivity contribution >= 4 is 11.6 Å². The monoisotopic (exact) mass is 374 g/mol. The largest absolute Gasteiger partial charge is 0.0837 e. The summed E-state index contributed by atoms with van der Waals surface area (Å²) in [6.07, 6.45) is 14.7. The van der Waals surface area contributed by atoms with Crippen LogP contribution in [-0.2, 0) is 11.8 Å². The van der Waals surface area contributed by atoms with Gasteiger partial charge in [0.05, 0.1) is 0 Å². The number of hydrogen-bond acceptors (Lipinski definition) is 0. The Bertz CT molecular complexity index is 587. The first-order valence-electron chi connectivity index (χ1n) is 11.3. The van der Waals surface area contributed by atoms with Crippen molar-refractivity contribution in [2.24, 2.45) is 17.3 Å². The standard InChI is InChI=1S/C25H39Cl/c1-5-19(6-2)17-20(7-3)18-21-11-9-12-22(23(21)26)25(8-4)16-15-24(25)13-10-14-24/h9,11-12,19-20H,5-8,10,13-18H2,1-4H3. The van der Waals surface area contributed by atoms with E-state index in [-0.39, 0.29) is 0 Å². The predicted molar refractivity (Wildman–Crippen MR) is 115 cm³/mol. The summed E-state index contributed by atoms with van der Waals surface area (Å²) in [5.74, 6) is 1.64. The molecule has 1 aromatic rings. The lowest BCUT2D eigenvalue weighted by atomic mass is 9.39. The molecule has 0 aliphatic heterocycles. The van der Waals surface area contributed by atoms with Crippen molar-refractivity contribution in [3.8, 4) is 0 Å². The fourth-order valence-electron chi connectivity index (χ4n) is 6.18. The fraction of sp³-hybridized carbons (Fsp3) is 0.760. The first-order valence-corrected chi connectivity index (χ1v) is 11.7. The van der Waals surface area contributed by atoms with Crippen LogP contribution in [0.1, 0.15) is 103 Å². The Kier molecular flexibility index (Phi) is 6.43. The Morgan fingerprint density at radius 2 is 1.62 bits per heavy atom. The molecule has 2 saturated carbocycles. The summed E-state index contributed by atoms with van der Waals surface area (Å²) in [7, 11) is 0. The molecule has 0 bridgehead atoms. The molecule has 26 heavy (non-hydrogen) atoms. The molecule has 0 saturated heterocycles. The molecular weight excluding hydrogens is 336 g/mol. The molecule has 2 aliphatic rings. The molecule has 2 aliphatic carbocycles. The highest BCUT2D eigenvalue weighted by Gasteiger charge is 2.61. The predicted octanol–water partition coefficient (Wildman–Crippen LogP) is 8.35. The Labute approximate surface area is 167 Å². The average molecular weight is 375 g/mol. The summed E-state index contributed by atoms with van der Waals surface area (Å²) in [5, 5.41) is 1.11.